The fourth-order valence-corrected chi connectivity index (χ4v) is 1.99. The van der Waals surface area contributed by atoms with E-state index in [1.807, 2.05) is 0 Å². The molecule has 0 aliphatic heterocycles. The van der Waals surface area contributed by atoms with Gasteiger partial charge in [-0.05, 0) is 0 Å². The summed E-state index contributed by atoms with van der Waals surface area (Å²) in [5.41, 5.74) is 6.54. The highest BCUT2D eigenvalue weighted by Gasteiger charge is 2.22. The van der Waals surface area contributed by atoms with Crippen molar-refractivity contribution in [3.63, 3.8) is 0 Å². The van der Waals surface area contributed by atoms with Crippen LogP contribution in [0.3, 0.4) is 0 Å². The molecule has 0 fully saturated rings. The third-order valence-electron chi connectivity index (χ3n) is 2.77. The number of methoxy groups -OCH3 is 2. The van der Waals surface area contributed by atoms with E-state index in [0.717, 1.165) is 0 Å². The maximum absolute atomic E-state index is 10.1. The van der Waals surface area contributed by atoms with Crippen LogP contribution in [0.4, 0.5) is 5.82 Å². The van der Waals surface area contributed by atoms with Gasteiger partial charge in [0.15, 0.2) is 11.5 Å². The van der Waals surface area contributed by atoms with Gasteiger partial charge in [0.2, 0.25) is 0 Å². The number of phenols is 1. The molecule has 102 valence electrons. The molecule has 7 heteroatoms. The van der Waals surface area contributed by atoms with Crippen molar-refractivity contribution < 1.29 is 14.6 Å². The zero-order valence-corrected chi connectivity index (χ0v) is 11.5. The standard InChI is InChI=1S/C12H14ClN3O3/c1-16-9(14)5-7(15-16)10-11(17)6(13)4-8(18-2)12(10)19-3/h4-5,17H,14H2,1-3H3. The SMILES string of the molecule is COc1cc(Cl)c(O)c(-c2cc(N)n(C)n2)c1OC. The molecule has 2 rings (SSSR count). The number of aryl methyl sites for hydroxylation is 1. The van der Waals surface area contributed by atoms with Gasteiger partial charge in [-0.2, -0.15) is 5.10 Å². The topological polar surface area (TPSA) is 82.5 Å². The summed E-state index contributed by atoms with van der Waals surface area (Å²) < 4.78 is 11.9. The van der Waals surface area contributed by atoms with Crippen LogP contribution in [0.2, 0.25) is 5.02 Å². The summed E-state index contributed by atoms with van der Waals surface area (Å²) in [5, 5.41) is 14.5. The number of hydrogen-bond donors (Lipinski definition) is 2. The molecule has 3 N–H and O–H groups in total. The first-order chi connectivity index (χ1) is 8.99. The lowest BCUT2D eigenvalue weighted by Crippen LogP contribution is -1.97. The van der Waals surface area contributed by atoms with Gasteiger partial charge in [-0.3, -0.25) is 4.68 Å². The van der Waals surface area contributed by atoms with Crippen LogP contribution in [0.15, 0.2) is 12.1 Å². The zero-order valence-electron chi connectivity index (χ0n) is 10.8. The number of phenolic OH excluding ortho intramolecular Hbond substituents is 1. The lowest BCUT2D eigenvalue weighted by molar-refractivity contribution is 0.353. The second-order valence-electron chi connectivity index (χ2n) is 3.90. The predicted molar refractivity (Wildman–Crippen MR) is 72.8 cm³/mol. The molecule has 1 aromatic carbocycles. The molecule has 0 amide bonds. The maximum atomic E-state index is 10.1. The number of nitrogen functional groups attached to an aromatic ring is 1. The highest BCUT2D eigenvalue weighted by atomic mass is 35.5. The van der Waals surface area contributed by atoms with Gasteiger partial charge in [0.05, 0.1) is 24.8 Å². The van der Waals surface area contributed by atoms with E-state index in [-0.39, 0.29) is 10.8 Å². The van der Waals surface area contributed by atoms with Crippen molar-refractivity contribution in [2.45, 2.75) is 0 Å². The van der Waals surface area contributed by atoms with E-state index in [2.05, 4.69) is 5.10 Å². The Kier molecular flexibility index (Phi) is 3.44. The highest BCUT2D eigenvalue weighted by molar-refractivity contribution is 6.32. The van der Waals surface area contributed by atoms with E-state index >= 15 is 0 Å². The molecular weight excluding hydrogens is 270 g/mol. The number of ether oxygens (including phenoxy) is 2. The minimum Gasteiger partial charge on any atom is -0.506 e. The molecule has 0 bridgehead atoms. The van der Waals surface area contributed by atoms with E-state index in [0.29, 0.717) is 28.6 Å². The molecule has 19 heavy (non-hydrogen) atoms. The third kappa shape index (κ3) is 2.15. The van der Waals surface area contributed by atoms with Crippen molar-refractivity contribution >= 4 is 17.4 Å². The third-order valence-corrected chi connectivity index (χ3v) is 3.06. The van der Waals surface area contributed by atoms with Crippen LogP contribution in [0, 0.1) is 0 Å². The van der Waals surface area contributed by atoms with Crippen LogP contribution >= 0.6 is 11.6 Å². The predicted octanol–water partition coefficient (Wildman–Crippen LogP) is 2.05. The quantitative estimate of drug-likeness (QED) is 0.901. The van der Waals surface area contributed by atoms with E-state index in [1.54, 1.807) is 13.1 Å². The molecule has 0 aliphatic carbocycles. The second-order valence-corrected chi connectivity index (χ2v) is 4.30. The first-order valence-electron chi connectivity index (χ1n) is 5.43. The van der Waals surface area contributed by atoms with Crippen LogP contribution in [0.25, 0.3) is 11.3 Å². The number of anilines is 1. The Balaban J connectivity index is 2.76. The van der Waals surface area contributed by atoms with E-state index in [9.17, 15) is 5.11 Å². The van der Waals surface area contributed by atoms with Crippen LogP contribution in [-0.4, -0.2) is 29.1 Å². The molecule has 0 saturated carbocycles. The lowest BCUT2D eigenvalue weighted by atomic mass is 10.1. The number of aromatic nitrogens is 2. The summed E-state index contributed by atoms with van der Waals surface area (Å²) in [6.07, 6.45) is 0. The van der Waals surface area contributed by atoms with Crippen LogP contribution in [0.1, 0.15) is 0 Å². The smallest absolute Gasteiger partial charge is 0.174 e. The first-order valence-corrected chi connectivity index (χ1v) is 5.80. The molecular formula is C12H14ClN3O3. The van der Waals surface area contributed by atoms with E-state index in [4.69, 9.17) is 26.8 Å². The van der Waals surface area contributed by atoms with Gasteiger partial charge >= 0.3 is 0 Å². The minimum atomic E-state index is -0.127. The Morgan fingerprint density at radius 2 is 2.00 bits per heavy atom. The number of benzene rings is 1. The molecule has 6 nitrogen and oxygen atoms in total. The Hall–Kier alpha value is -2.08. The molecule has 0 aliphatic rings. The number of hydrogen-bond acceptors (Lipinski definition) is 5. The summed E-state index contributed by atoms with van der Waals surface area (Å²) >= 11 is 5.97. The Morgan fingerprint density at radius 1 is 1.32 bits per heavy atom. The van der Waals surface area contributed by atoms with Gasteiger partial charge in [-0.1, -0.05) is 11.6 Å². The molecule has 0 saturated heterocycles. The van der Waals surface area contributed by atoms with Crippen LogP contribution < -0.4 is 15.2 Å². The van der Waals surface area contributed by atoms with Crippen molar-refractivity contribution in [3.05, 3.63) is 17.2 Å². The summed E-state index contributed by atoms with van der Waals surface area (Å²) in [4.78, 5) is 0. The lowest BCUT2D eigenvalue weighted by Gasteiger charge is -2.14. The van der Waals surface area contributed by atoms with Crippen molar-refractivity contribution in [1.82, 2.24) is 9.78 Å². The number of nitrogens with two attached hydrogens (primary N) is 1. The fourth-order valence-electron chi connectivity index (χ4n) is 1.79. The summed E-state index contributed by atoms with van der Waals surface area (Å²) in [5.74, 6) is 1.08. The second kappa shape index (κ2) is 4.89. The van der Waals surface area contributed by atoms with E-state index in [1.165, 1.54) is 25.0 Å². The number of nitrogens with zero attached hydrogens (tertiary/aromatic N) is 2. The van der Waals surface area contributed by atoms with E-state index < -0.39 is 0 Å². The van der Waals surface area contributed by atoms with Crippen LogP contribution in [-0.2, 0) is 7.05 Å². The Labute approximate surface area is 115 Å². The molecule has 1 aromatic heterocycles. The largest absolute Gasteiger partial charge is 0.506 e. The van der Waals surface area contributed by atoms with Gasteiger partial charge in [-0.25, -0.2) is 0 Å². The minimum absolute atomic E-state index is 0.127. The maximum Gasteiger partial charge on any atom is 0.174 e. The zero-order chi connectivity index (χ0) is 14.2. The monoisotopic (exact) mass is 283 g/mol. The summed E-state index contributed by atoms with van der Waals surface area (Å²) in [6, 6.07) is 3.10. The van der Waals surface area contributed by atoms with Crippen molar-refractivity contribution in [1.29, 1.82) is 0 Å². The molecule has 2 aromatic rings. The Morgan fingerprint density at radius 3 is 2.47 bits per heavy atom. The molecule has 0 unspecified atom stereocenters. The molecule has 1 heterocycles. The molecule has 0 spiro atoms. The van der Waals surface area contributed by atoms with Crippen molar-refractivity contribution in [2.24, 2.45) is 7.05 Å². The molecule has 0 atom stereocenters. The van der Waals surface area contributed by atoms with Gasteiger partial charge in [-0.15, -0.1) is 0 Å². The highest BCUT2D eigenvalue weighted by Crippen LogP contribution is 2.47. The van der Waals surface area contributed by atoms with Gasteiger partial charge in [0.25, 0.3) is 0 Å². The fraction of sp³-hybridized carbons (Fsp3) is 0.250. The normalized spacial score (nSPS) is 10.5. The number of halogens is 1. The molecule has 0 radical (unpaired) electrons. The van der Waals surface area contributed by atoms with Crippen LogP contribution in [0.5, 0.6) is 17.2 Å². The van der Waals surface area contributed by atoms with Gasteiger partial charge in [0, 0.05) is 19.2 Å². The summed E-state index contributed by atoms with van der Waals surface area (Å²) in [6.45, 7) is 0. The number of rotatable bonds is 3. The average molecular weight is 284 g/mol. The van der Waals surface area contributed by atoms with Crippen molar-refractivity contribution in [3.8, 4) is 28.5 Å². The van der Waals surface area contributed by atoms with Crippen molar-refractivity contribution in [2.75, 3.05) is 20.0 Å². The Bertz CT molecular complexity index is 606. The average Bonchev–Trinajstić information content (AvgIpc) is 2.71. The summed E-state index contributed by atoms with van der Waals surface area (Å²) in [7, 11) is 4.66. The van der Waals surface area contributed by atoms with Gasteiger partial charge < -0.3 is 20.3 Å². The first kappa shape index (κ1) is 13.4. The van der Waals surface area contributed by atoms with Gasteiger partial charge in [0.1, 0.15) is 17.3 Å². The number of aromatic hydroxyl groups is 1.